The van der Waals surface area contributed by atoms with E-state index in [-0.39, 0.29) is 30.7 Å². The number of amides is 1. The molecular formula is C26H26FNO4. The van der Waals surface area contributed by atoms with E-state index in [0.29, 0.717) is 29.2 Å². The van der Waals surface area contributed by atoms with Gasteiger partial charge in [-0.15, -0.1) is 0 Å². The lowest BCUT2D eigenvalue weighted by molar-refractivity contribution is -0.142. The number of esters is 1. The Labute approximate surface area is 187 Å². The van der Waals surface area contributed by atoms with Crippen LogP contribution in [0.1, 0.15) is 39.5 Å². The molecule has 0 unspecified atom stereocenters. The molecule has 3 aromatic carbocycles. The highest BCUT2D eigenvalue weighted by molar-refractivity contribution is 6.05. The number of ether oxygens (including phenoxy) is 2. The summed E-state index contributed by atoms with van der Waals surface area (Å²) in [5.74, 6) is -0.348. The van der Waals surface area contributed by atoms with Crippen LogP contribution in [0.15, 0.2) is 60.7 Å². The van der Waals surface area contributed by atoms with Gasteiger partial charge in [-0.1, -0.05) is 30.3 Å². The number of carbonyl (C=O) groups is 2. The topological polar surface area (TPSA) is 64.6 Å². The van der Waals surface area contributed by atoms with E-state index in [9.17, 15) is 14.0 Å². The van der Waals surface area contributed by atoms with Gasteiger partial charge in [0, 0.05) is 11.3 Å². The largest absolute Gasteiger partial charge is 0.489 e. The van der Waals surface area contributed by atoms with Crippen molar-refractivity contribution in [3.8, 4) is 5.75 Å². The molecule has 166 valence electrons. The van der Waals surface area contributed by atoms with Crippen molar-refractivity contribution in [2.24, 2.45) is 0 Å². The fraction of sp³-hybridized carbons (Fsp3) is 0.231. The molecule has 0 aliphatic rings. The van der Waals surface area contributed by atoms with E-state index in [1.54, 1.807) is 43.3 Å². The molecule has 1 N–H and O–H groups in total. The van der Waals surface area contributed by atoms with Crippen LogP contribution in [0, 0.1) is 19.7 Å². The molecule has 32 heavy (non-hydrogen) atoms. The zero-order valence-corrected chi connectivity index (χ0v) is 18.4. The summed E-state index contributed by atoms with van der Waals surface area (Å²) in [6, 6.07) is 16.9. The molecule has 0 aromatic heterocycles. The van der Waals surface area contributed by atoms with Gasteiger partial charge in [-0.25, -0.2) is 4.39 Å². The zero-order valence-electron chi connectivity index (χ0n) is 18.4. The van der Waals surface area contributed by atoms with Crippen LogP contribution in [-0.2, 0) is 22.6 Å². The van der Waals surface area contributed by atoms with Gasteiger partial charge in [-0.05, 0) is 73.4 Å². The van der Waals surface area contributed by atoms with Crippen LogP contribution in [-0.4, -0.2) is 18.5 Å². The lowest BCUT2D eigenvalue weighted by atomic mass is 10.1. The molecule has 3 aromatic rings. The summed E-state index contributed by atoms with van der Waals surface area (Å²) in [7, 11) is 0. The molecule has 0 saturated carbocycles. The highest BCUT2D eigenvalue weighted by atomic mass is 19.1. The van der Waals surface area contributed by atoms with Crippen molar-refractivity contribution in [1.29, 1.82) is 0 Å². The molecule has 0 spiro atoms. The summed E-state index contributed by atoms with van der Waals surface area (Å²) < 4.78 is 24.1. The first kappa shape index (κ1) is 23.0. The molecule has 0 aliphatic heterocycles. The Bertz CT molecular complexity index is 1130. The highest BCUT2D eigenvalue weighted by Gasteiger charge is 2.13. The second-order valence-electron chi connectivity index (χ2n) is 7.48. The Balaban J connectivity index is 1.69. The second-order valence-corrected chi connectivity index (χ2v) is 7.48. The van der Waals surface area contributed by atoms with Crippen molar-refractivity contribution in [3.05, 3.63) is 94.3 Å². The molecule has 1 amide bonds. The Morgan fingerprint density at radius 2 is 1.75 bits per heavy atom. The van der Waals surface area contributed by atoms with Crippen LogP contribution in [0.2, 0.25) is 0 Å². The molecule has 0 aliphatic carbocycles. The quantitative estimate of drug-likeness (QED) is 0.483. The Morgan fingerprint density at radius 3 is 2.47 bits per heavy atom. The van der Waals surface area contributed by atoms with E-state index >= 15 is 0 Å². The van der Waals surface area contributed by atoms with Crippen molar-refractivity contribution in [2.45, 2.75) is 33.8 Å². The average molecular weight is 435 g/mol. The minimum atomic E-state index is -0.321. The summed E-state index contributed by atoms with van der Waals surface area (Å²) in [6.07, 6.45) is 0.187. The maximum absolute atomic E-state index is 13.3. The fourth-order valence-corrected chi connectivity index (χ4v) is 3.27. The first-order valence-electron chi connectivity index (χ1n) is 10.4. The highest BCUT2D eigenvalue weighted by Crippen LogP contribution is 2.22. The van der Waals surface area contributed by atoms with Gasteiger partial charge in [-0.3, -0.25) is 9.59 Å². The van der Waals surface area contributed by atoms with Crippen LogP contribution >= 0.6 is 0 Å². The third-order valence-corrected chi connectivity index (χ3v) is 4.94. The predicted octanol–water partition coefficient (Wildman–Crippen LogP) is 5.38. The molecule has 3 rings (SSSR count). The van der Waals surface area contributed by atoms with Crippen LogP contribution in [0.4, 0.5) is 10.1 Å². The number of anilines is 1. The standard InChI is InChI=1S/C26H26FNO4/c1-4-31-25(29)14-19-9-11-24(18(3)12-19)28-26(30)23-15-22(10-8-17(23)2)32-16-20-6-5-7-21(27)13-20/h5-13,15H,4,14,16H2,1-3H3,(H,28,30). The smallest absolute Gasteiger partial charge is 0.310 e. The molecule has 0 bridgehead atoms. The van der Waals surface area contributed by atoms with Gasteiger partial charge >= 0.3 is 5.97 Å². The molecular weight excluding hydrogens is 409 g/mol. The number of hydrogen-bond donors (Lipinski definition) is 1. The van der Waals surface area contributed by atoms with Gasteiger partial charge < -0.3 is 14.8 Å². The van der Waals surface area contributed by atoms with Crippen molar-refractivity contribution < 1.29 is 23.5 Å². The van der Waals surface area contributed by atoms with Crippen molar-refractivity contribution in [2.75, 3.05) is 11.9 Å². The number of aryl methyl sites for hydroxylation is 2. The van der Waals surface area contributed by atoms with Crippen molar-refractivity contribution in [1.82, 2.24) is 0 Å². The Morgan fingerprint density at radius 1 is 0.938 bits per heavy atom. The van der Waals surface area contributed by atoms with E-state index in [1.165, 1.54) is 12.1 Å². The maximum Gasteiger partial charge on any atom is 0.310 e. The van der Waals surface area contributed by atoms with Gasteiger partial charge in [-0.2, -0.15) is 0 Å². The monoisotopic (exact) mass is 435 g/mol. The number of halogens is 1. The van der Waals surface area contributed by atoms with E-state index in [0.717, 1.165) is 16.7 Å². The van der Waals surface area contributed by atoms with Gasteiger partial charge in [0.05, 0.1) is 13.0 Å². The molecule has 0 saturated heterocycles. The predicted molar refractivity (Wildman–Crippen MR) is 121 cm³/mol. The van der Waals surface area contributed by atoms with E-state index in [4.69, 9.17) is 9.47 Å². The SMILES string of the molecule is CCOC(=O)Cc1ccc(NC(=O)c2cc(OCc3cccc(F)c3)ccc2C)c(C)c1. The minimum absolute atomic E-state index is 0.187. The van der Waals surface area contributed by atoms with Crippen molar-refractivity contribution >= 4 is 17.6 Å². The lowest BCUT2D eigenvalue weighted by Crippen LogP contribution is -2.15. The third-order valence-electron chi connectivity index (χ3n) is 4.94. The number of carbonyl (C=O) groups excluding carboxylic acids is 2. The Kier molecular flexibility index (Phi) is 7.60. The molecule has 0 radical (unpaired) electrons. The van der Waals surface area contributed by atoms with Gasteiger partial charge in [0.1, 0.15) is 18.2 Å². The van der Waals surface area contributed by atoms with Crippen LogP contribution in [0.3, 0.4) is 0 Å². The minimum Gasteiger partial charge on any atom is -0.489 e. The van der Waals surface area contributed by atoms with Gasteiger partial charge in [0.25, 0.3) is 5.91 Å². The number of hydrogen-bond acceptors (Lipinski definition) is 4. The number of benzene rings is 3. The summed E-state index contributed by atoms with van der Waals surface area (Å²) in [6.45, 7) is 6.03. The average Bonchev–Trinajstić information content (AvgIpc) is 2.75. The molecule has 6 heteroatoms. The number of nitrogens with one attached hydrogen (secondary N) is 1. The first-order valence-corrected chi connectivity index (χ1v) is 10.4. The van der Waals surface area contributed by atoms with Gasteiger partial charge in [0.2, 0.25) is 0 Å². The van der Waals surface area contributed by atoms with Crippen molar-refractivity contribution in [3.63, 3.8) is 0 Å². The molecule has 0 fully saturated rings. The second kappa shape index (κ2) is 10.6. The molecule has 0 heterocycles. The Hall–Kier alpha value is -3.67. The van der Waals surface area contributed by atoms with E-state index in [1.807, 2.05) is 26.0 Å². The van der Waals surface area contributed by atoms with E-state index < -0.39 is 0 Å². The fourth-order valence-electron chi connectivity index (χ4n) is 3.27. The lowest BCUT2D eigenvalue weighted by Gasteiger charge is -2.13. The molecule has 5 nitrogen and oxygen atoms in total. The van der Waals surface area contributed by atoms with E-state index in [2.05, 4.69) is 5.32 Å². The first-order chi connectivity index (χ1) is 15.4. The zero-order chi connectivity index (χ0) is 23.1. The normalized spacial score (nSPS) is 10.5. The summed E-state index contributed by atoms with van der Waals surface area (Å²) in [4.78, 5) is 24.6. The molecule has 0 atom stereocenters. The summed E-state index contributed by atoms with van der Waals surface area (Å²) >= 11 is 0. The van der Waals surface area contributed by atoms with Gasteiger partial charge in [0.15, 0.2) is 0 Å². The van der Waals surface area contributed by atoms with Crippen LogP contribution in [0.25, 0.3) is 0 Å². The van der Waals surface area contributed by atoms with Crippen LogP contribution < -0.4 is 10.1 Å². The third kappa shape index (κ3) is 6.17. The number of rotatable bonds is 8. The summed E-state index contributed by atoms with van der Waals surface area (Å²) in [5, 5.41) is 2.92. The summed E-state index contributed by atoms with van der Waals surface area (Å²) in [5.41, 5.74) is 4.32. The van der Waals surface area contributed by atoms with Crippen LogP contribution in [0.5, 0.6) is 5.75 Å². The maximum atomic E-state index is 13.3.